The number of fused-ring (bicyclic) bond motifs is 12. The summed E-state index contributed by atoms with van der Waals surface area (Å²) in [6.45, 7) is 18.3. The number of carbonyl (C=O) groups excluding carboxylic acids is 1. The number of piperidine rings is 6. The molecule has 3 saturated carbocycles. The van der Waals surface area contributed by atoms with E-state index in [2.05, 4.69) is 176 Å². The minimum Gasteiger partial charge on any atom is -0.508 e. The average molecular weight is 2040 g/mol. The molecule has 18 rings (SSSR count). The Hall–Kier alpha value is -3.93. The maximum Gasteiger partial charge on any atom is 0.243 e. The van der Waals surface area contributed by atoms with Gasteiger partial charge in [0.15, 0.2) is 0 Å². The van der Waals surface area contributed by atoms with Gasteiger partial charge in [0.25, 0.3) is 0 Å². The summed E-state index contributed by atoms with van der Waals surface area (Å²) in [6.07, 6.45) is 22.0. The van der Waals surface area contributed by atoms with E-state index in [1.165, 1.54) is 39.8 Å². The fourth-order valence-corrected chi connectivity index (χ4v) is 28.4. The Balaban J connectivity index is 0.000000150. The van der Waals surface area contributed by atoms with Crippen LogP contribution < -0.4 is 14.8 Å². The van der Waals surface area contributed by atoms with Gasteiger partial charge in [-0.25, -0.2) is 25.3 Å². The first-order valence-electron chi connectivity index (χ1n) is 44.2. The molecule has 6 aliphatic carbocycles. The fourth-order valence-electron chi connectivity index (χ4n) is 22.5. The molecule has 6 saturated heterocycles. The second kappa shape index (κ2) is 42.3. The zero-order chi connectivity index (χ0) is 85.9. The molecule has 12 aliphatic rings. The lowest BCUT2D eigenvalue weighted by molar-refractivity contribution is -0.110. The summed E-state index contributed by atoms with van der Waals surface area (Å²) < 4.78 is 96.5. The summed E-state index contributed by atoms with van der Waals surface area (Å²) in [4.78, 5) is 31.2. The monoisotopic (exact) mass is 2040 g/mol. The van der Waals surface area contributed by atoms with E-state index < -0.39 is 30.1 Å². The third kappa shape index (κ3) is 20.6. The van der Waals surface area contributed by atoms with Crippen molar-refractivity contribution < 1.29 is 44.6 Å². The van der Waals surface area contributed by atoms with Gasteiger partial charge in [0.1, 0.15) is 23.5 Å². The van der Waals surface area contributed by atoms with Gasteiger partial charge in [-0.2, -0.15) is 12.9 Å². The second-order valence-electron chi connectivity index (χ2n) is 35.9. The SMILES string of the molecule is CI.CI.CI.COc1ccc2c(c1)[C@@]1(CC=O)CCN(C)[C@H](C2)[C@@H]1C.COc1ccc2c(c1)[C@@]1(CCN3CCC(N(C4CC4)S(=O)(=O)c4ccccc4)CC3)CCN(C)[C@H](C2)[C@@H]1C.C[C@H]1[C@H]2Cc3ccc(O)cc3[C@@]1(CCN1CCC(N(C3CC3)S(=O)(=O)c3ccccc3)CC1)CCN2C.O=S(=O)(c1ccccc1)N(C1CCNCC1)C1CC1. The van der Waals surface area contributed by atoms with E-state index >= 15 is 0 Å². The lowest BCUT2D eigenvalue weighted by Gasteiger charge is -2.56. The summed E-state index contributed by atoms with van der Waals surface area (Å²) in [5.74, 6) is 3.89. The maximum atomic E-state index is 13.6. The molecule has 6 aliphatic heterocycles. The van der Waals surface area contributed by atoms with Gasteiger partial charge in [-0.15, -0.1) is 0 Å². The van der Waals surface area contributed by atoms with E-state index in [0.29, 0.717) is 62.7 Å². The number of likely N-dealkylation sites (N-methyl/N-ethyl adjacent to an activating group) is 3. The number of phenols is 1. The standard InChI is InChI=1S/C31H43N3O3S.C30H41N3O3S.C17H23NO2.C14H20N2O2S.3CH3I/c1-23-30-21-24-9-12-27(37-3)22-29(24)31(23,15-19-32(30)2)16-20-33-17-13-26(14-18-33)34(25-10-11-25)38(35,36)28-7-5-4-6-8-28;1-22-29-20-23-8-11-26(34)21-28(23)30(22,14-18-31(29)2)15-19-32-16-12-25(13-17-32)33(24-9-10-24)37(35,36)27-6-4-3-5-7-27;1-12-16-10-13-4-5-14(20-3)11-15(13)17(12,7-9-19)6-8-18(16)2;17-19(18,14-4-2-1-3-5-14)16(12-6-7-12)13-8-10-15-11-9-13;3*1-2/h4-9,12,22-23,25-26,30H,10-11,13-21H2,1-3H3;3-8,11,21-22,24-25,29,34H,9-10,12-20H2,1-2H3;4-5,9,11-12,16H,6-8,10H2,1-3H3;1-5,12-13,15H,6-11H2;3*1H3/t23-,30+,31+;22-,29+,30+;12-,16+,17+;;;;/m000..../s1. The van der Waals surface area contributed by atoms with Crippen molar-refractivity contribution in [2.45, 2.75) is 241 Å². The van der Waals surface area contributed by atoms with Crippen molar-refractivity contribution in [2.24, 2.45) is 17.8 Å². The number of sulfonamides is 3. The predicted molar refractivity (Wildman–Crippen MR) is 511 cm³/mol. The first-order valence-corrected chi connectivity index (χ1v) is 55.0. The first kappa shape index (κ1) is 95.2. The molecule has 6 aromatic rings. The molecule has 6 heterocycles. The topological polar surface area (TPSA) is 196 Å². The Labute approximate surface area is 761 Å². The van der Waals surface area contributed by atoms with E-state index in [1.807, 2.05) is 84.1 Å². The minimum absolute atomic E-state index is 0.00104. The smallest absolute Gasteiger partial charge is 0.243 e. The highest BCUT2D eigenvalue weighted by Gasteiger charge is 2.55. The Morgan fingerprint density at radius 1 is 0.417 bits per heavy atom. The third-order valence-electron chi connectivity index (χ3n) is 29.8. The number of carbonyl (C=O) groups is 1. The number of hydrogen-bond donors (Lipinski definition) is 2. The minimum atomic E-state index is -3.46. The number of methoxy groups -OCH3 is 2. The number of alkyl halides is 3. The number of likely N-dealkylation sites (tertiary alicyclic amines) is 5. The zero-order valence-electron chi connectivity index (χ0n) is 73.0. The molecule has 0 spiro atoms. The van der Waals surface area contributed by atoms with Gasteiger partial charge in [0.05, 0.1) is 28.9 Å². The molecule has 2 N–H and O–H groups in total. The van der Waals surface area contributed by atoms with Gasteiger partial charge in [0.2, 0.25) is 30.1 Å². The van der Waals surface area contributed by atoms with Crippen molar-refractivity contribution in [3.8, 4) is 17.2 Å². The van der Waals surface area contributed by atoms with Crippen molar-refractivity contribution >= 4 is 104 Å². The number of ether oxygens (including phenoxy) is 2. The number of nitrogens with one attached hydrogen (secondary N) is 1. The lowest BCUT2D eigenvalue weighted by atomic mass is 9.56. The van der Waals surface area contributed by atoms with Crippen molar-refractivity contribution in [2.75, 3.05) is 122 Å². The zero-order valence-corrected chi connectivity index (χ0v) is 82.0. The van der Waals surface area contributed by atoms with Crippen molar-refractivity contribution in [1.82, 2.24) is 42.7 Å². The molecular weight excluding hydrogens is 1900 g/mol. The number of rotatable bonds is 22. The van der Waals surface area contributed by atoms with Crippen molar-refractivity contribution in [3.05, 3.63) is 179 Å². The average Bonchev–Trinajstić information content (AvgIpc) is 1.38. The van der Waals surface area contributed by atoms with Gasteiger partial charge in [-0.05, 0) is 360 Å². The van der Waals surface area contributed by atoms with Gasteiger partial charge in [0, 0.05) is 77.0 Å². The highest BCUT2D eigenvalue weighted by atomic mass is 127. The molecule has 19 nitrogen and oxygen atoms in total. The van der Waals surface area contributed by atoms with Gasteiger partial charge in [-0.1, -0.05) is 161 Å². The highest BCUT2D eigenvalue weighted by molar-refractivity contribution is 14.1. The summed E-state index contributed by atoms with van der Waals surface area (Å²) in [5.41, 5.74) is 8.78. The number of nitrogens with zero attached hydrogens (tertiary/aromatic N) is 8. The van der Waals surface area contributed by atoms with Gasteiger partial charge >= 0.3 is 0 Å². The van der Waals surface area contributed by atoms with Crippen molar-refractivity contribution in [1.29, 1.82) is 0 Å². The number of aldehydes is 1. The number of benzene rings is 6. The van der Waals surface area contributed by atoms with E-state index in [4.69, 9.17) is 9.47 Å². The van der Waals surface area contributed by atoms with Crippen LogP contribution >= 0.6 is 67.8 Å². The normalized spacial score (nSPS) is 27.2. The van der Waals surface area contributed by atoms with E-state index in [-0.39, 0.29) is 52.5 Å². The van der Waals surface area contributed by atoms with E-state index in [0.717, 1.165) is 212 Å². The number of phenolic OH excluding ortho intramolecular Hbond substituents is 1. The van der Waals surface area contributed by atoms with Crippen LogP contribution in [-0.4, -0.2) is 251 Å². The molecule has 6 aromatic carbocycles. The molecule has 9 atom stereocenters. The molecule has 0 aromatic heterocycles. The summed E-state index contributed by atoms with van der Waals surface area (Å²) >= 11 is 6.45. The molecule has 660 valence electrons. The number of halogens is 3. The molecule has 6 bridgehead atoms. The number of hydrogen-bond acceptors (Lipinski definition) is 16. The van der Waals surface area contributed by atoms with Crippen LogP contribution in [0.5, 0.6) is 17.2 Å². The number of aromatic hydroxyl groups is 1. The maximum absolute atomic E-state index is 13.6. The van der Waals surface area contributed by atoms with Crippen LogP contribution in [0.15, 0.2) is 160 Å². The largest absolute Gasteiger partial charge is 0.508 e. The molecule has 0 amide bonds. The van der Waals surface area contributed by atoms with Crippen LogP contribution in [-0.2, 0) is 70.4 Å². The van der Waals surface area contributed by atoms with Crippen LogP contribution in [0.1, 0.15) is 170 Å². The Morgan fingerprint density at radius 3 is 1.05 bits per heavy atom. The van der Waals surface area contributed by atoms with Crippen LogP contribution in [0.3, 0.4) is 0 Å². The second-order valence-corrected chi connectivity index (χ2v) is 41.4. The van der Waals surface area contributed by atoms with Crippen LogP contribution in [0, 0.1) is 17.8 Å². The third-order valence-corrected chi connectivity index (χ3v) is 35.8. The molecule has 25 heteroatoms. The summed E-state index contributed by atoms with van der Waals surface area (Å²) in [5, 5.41) is 13.7. The van der Waals surface area contributed by atoms with Gasteiger partial charge in [-0.3, -0.25) is 0 Å². The lowest BCUT2D eigenvalue weighted by Crippen LogP contribution is -2.58. The fraction of sp³-hybridized carbons (Fsp3) is 0.611. The molecular formula is C95H136I3N9O10S3. The van der Waals surface area contributed by atoms with Crippen molar-refractivity contribution in [3.63, 3.8) is 0 Å². The van der Waals surface area contributed by atoms with Crippen LogP contribution in [0.4, 0.5) is 0 Å². The molecule has 9 fully saturated rings. The Morgan fingerprint density at radius 2 is 0.717 bits per heavy atom. The Kier molecular flexibility index (Phi) is 33.6. The molecule has 120 heavy (non-hydrogen) atoms. The predicted octanol–water partition coefficient (Wildman–Crippen LogP) is 15.9. The molecule has 0 unspecified atom stereocenters. The highest BCUT2D eigenvalue weighted by Crippen LogP contribution is 2.55. The first-order chi connectivity index (χ1) is 57.9. The van der Waals surface area contributed by atoms with Crippen LogP contribution in [0.25, 0.3) is 0 Å². The van der Waals surface area contributed by atoms with Gasteiger partial charge < -0.3 is 49.2 Å². The van der Waals surface area contributed by atoms with E-state index in [9.17, 15) is 35.2 Å². The van der Waals surface area contributed by atoms with Crippen LogP contribution in [0.2, 0.25) is 0 Å². The summed E-state index contributed by atoms with van der Waals surface area (Å²) in [6, 6.07) is 48.6. The quantitative estimate of drug-likeness (QED) is 0.0370. The van der Waals surface area contributed by atoms with E-state index in [1.54, 1.807) is 67.1 Å². The molecule has 0 radical (unpaired) electrons. The Bertz CT molecular complexity index is 4650. The summed E-state index contributed by atoms with van der Waals surface area (Å²) in [7, 11) is -0.00755.